The van der Waals surface area contributed by atoms with Crippen LogP contribution >= 0.6 is 0 Å². The van der Waals surface area contributed by atoms with Crippen LogP contribution in [0.3, 0.4) is 0 Å². The Morgan fingerprint density at radius 2 is 2.00 bits per heavy atom. The summed E-state index contributed by atoms with van der Waals surface area (Å²) in [5.74, 6) is 0.0591. The highest BCUT2D eigenvalue weighted by Gasteiger charge is 2.31. The molecule has 0 aliphatic carbocycles. The van der Waals surface area contributed by atoms with Gasteiger partial charge in [-0.2, -0.15) is 5.10 Å². The molecule has 4 rings (SSSR count). The van der Waals surface area contributed by atoms with Gasteiger partial charge in [0.2, 0.25) is 0 Å². The molecular formula is C19H24N4O. The Labute approximate surface area is 142 Å². The number of aromatic nitrogens is 2. The molecule has 2 aromatic rings. The summed E-state index contributed by atoms with van der Waals surface area (Å²) in [7, 11) is 0. The number of amides is 1. The van der Waals surface area contributed by atoms with Crippen LogP contribution in [-0.2, 0) is 0 Å². The van der Waals surface area contributed by atoms with E-state index in [1.807, 2.05) is 40.0 Å². The minimum atomic E-state index is 0.0591. The standard InChI is InChI=1S/C19H24N4O/c24-19(17-10-13-23(21-17)16-8-4-11-20-14-16)22-12-5-9-18(22)15-6-2-1-3-7-15/h1-3,6-7,10,13,16,18,20H,4-5,8-9,11-12,14H2. The van der Waals surface area contributed by atoms with E-state index in [1.54, 1.807) is 0 Å². The summed E-state index contributed by atoms with van der Waals surface area (Å²) in [4.78, 5) is 14.9. The van der Waals surface area contributed by atoms with Crippen molar-refractivity contribution in [2.75, 3.05) is 19.6 Å². The normalized spacial score (nSPS) is 24.2. The number of nitrogens with one attached hydrogen (secondary N) is 1. The van der Waals surface area contributed by atoms with Crippen molar-refractivity contribution in [3.8, 4) is 0 Å². The lowest BCUT2D eigenvalue weighted by Crippen LogP contribution is -2.33. The number of piperidine rings is 1. The predicted octanol–water partition coefficient (Wildman–Crippen LogP) is 2.78. The van der Waals surface area contributed by atoms with Crippen molar-refractivity contribution in [2.24, 2.45) is 0 Å². The SMILES string of the molecule is O=C(c1ccn(C2CCCNC2)n1)N1CCCC1c1ccccc1. The quantitative estimate of drug-likeness (QED) is 0.944. The summed E-state index contributed by atoms with van der Waals surface area (Å²) in [6.07, 6.45) is 6.33. The number of likely N-dealkylation sites (tertiary alicyclic amines) is 1. The van der Waals surface area contributed by atoms with Gasteiger partial charge in [-0.15, -0.1) is 0 Å². The van der Waals surface area contributed by atoms with Gasteiger partial charge in [0.05, 0.1) is 12.1 Å². The van der Waals surface area contributed by atoms with E-state index in [2.05, 4.69) is 22.5 Å². The fourth-order valence-corrected chi connectivity index (χ4v) is 3.89. The van der Waals surface area contributed by atoms with Gasteiger partial charge in [0.15, 0.2) is 0 Å². The summed E-state index contributed by atoms with van der Waals surface area (Å²) >= 11 is 0. The van der Waals surface area contributed by atoms with Gasteiger partial charge in [0, 0.05) is 19.3 Å². The van der Waals surface area contributed by atoms with E-state index in [0.717, 1.165) is 45.3 Å². The molecule has 2 unspecified atom stereocenters. The maximum absolute atomic E-state index is 13.0. The first kappa shape index (κ1) is 15.4. The highest BCUT2D eigenvalue weighted by Crippen LogP contribution is 2.32. The van der Waals surface area contributed by atoms with Crippen LogP contribution < -0.4 is 5.32 Å². The molecule has 2 aliphatic rings. The Morgan fingerprint density at radius 1 is 1.12 bits per heavy atom. The van der Waals surface area contributed by atoms with Crippen molar-refractivity contribution in [3.05, 3.63) is 53.9 Å². The van der Waals surface area contributed by atoms with Crippen LogP contribution in [0.5, 0.6) is 0 Å². The molecule has 0 radical (unpaired) electrons. The summed E-state index contributed by atoms with van der Waals surface area (Å²) in [6, 6.07) is 12.7. The molecule has 5 nitrogen and oxygen atoms in total. The maximum Gasteiger partial charge on any atom is 0.274 e. The second-order valence-corrected chi connectivity index (χ2v) is 6.75. The topological polar surface area (TPSA) is 50.2 Å². The molecule has 24 heavy (non-hydrogen) atoms. The van der Waals surface area contributed by atoms with E-state index in [9.17, 15) is 4.79 Å². The van der Waals surface area contributed by atoms with Crippen molar-refractivity contribution in [1.29, 1.82) is 0 Å². The van der Waals surface area contributed by atoms with E-state index < -0.39 is 0 Å². The molecule has 3 heterocycles. The van der Waals surface area contributed by atoms with Crippen LogP contribution in [0.1, 0.15) is 53.8 Å². The summed E-state index contributed by atoms with van der Waals surface area (Å²) < 4.78 is 1.97. The summed E-state index contributed by atoms with van der Waals surface area (Å²) in [6.45, 7) is 2.83. The zero-order valence-corrected chi connectivity index (χ0v) is 13.9. The van der Waals surface area contributed by atoms with Gasteiger partial charge < -0.3 is 10.2 Å². The van der Waals surface area contributed by atoms with Crippen LogP contribution in [-0.4, -0.2) is 40.2 Å². The molecule has 2 fully saturated rings. The van der Waals surface area contributed by atoms with Gasteiger partial charge >= 0.3 is 0 Å². The van der Waals surface area contributed by atoms with Crippen molar-refractivity contribution in [3.63, 3.8) is 0 Å². The molecule has 1 N–H and O–H groups in total. The van der Waals surface area contributed by atoms with Crippen LogP contribution in [0, 0.1) is 0 Å². The molecule has 2 saturated heterocycles. The number of benzene rings is 1. The number of hydrogen-bond donors (Lipinski definition) is 1. The fraction of sp³-hybridized carbons (Fsp3) is 0.474. The smallest absolute Gasteiger partial charge is 0.274 e. The monoisotopic (exact) mass is 324 g/mol. The van der Waals surface area contributed by atoms with Crippen molar-refractivity contribution in [2.45, 2.75) is 37.8 Å². The zero-order chi connectivity index (χ0) is 16.4. The number of carbonyl (C=O) groups is 1. The third kappa shape index (κ3) is 2.96. The fourth-order valence-electron chi connectivity index (χ4n) is 3.89. The minimum absolute atomic E-state index is 0.0591. The Balaban J connectivity index is 1.51. The Morgan fingerprint density at radius 3 is 2.79 bits per heavy atom. The molecule has 1 aromatic heterocycles. The predicted molar refractivity (Wildman–Crippen MR) is 92.8 cm³/mol. The largest absolute Gasteiger partial charge is 0.330 e. The molecule has 2 aliphatic heterocycles. The molecule has 126 valence electrons. The first-order valence-corrected chi connectivity index (χ1v) is 8.95. The molecular weight excluding hydrogens is 300 g/mol. The van der Waals surface area contributed by atoms with Gasteiger partial charge in [-0.3, -0.25) is 9.48 Å². The van der Waals surface area contributed by atoms with E-state index in [4.69, 9.17) is 0 Å². The molecule has 1 amide bonds. The first-order valence-electron chi connectivity index (χ1n) is 8.95. The second-order valence-electron chi connectivity index (χ2n) is 6.75. The second kappa shape index (κ2) is 6.77. The third-order valence-corrected chi connectivity index (χ3v) is 5.17. The molecule has 2 atom stereocenters. The Hall–Kier alpha value is -2.14. The lowest BCUT2D eigenvalue weighted by molar-refractivity contribution is 0.0728. The van der Waals surface area contributed by atoms with Crippen LogP contribution in [0.2, 0.25) is 0 Å². The van der Waals surface area contributed by atoms with Gasteiger partial charge in [0.25, 0.3) is 5.91 Å². The van der Waals surface area contributed by atoms with E-state index in [-0.39, 0.29) is 11.9 Å². The summed E-state index contributed by atoms with van der Waals surface area (Å²) in [5, 5.41) is 7.99. The Kier molecular flexibility index (Phi) is 4.34. The van der Waals surface area contributed by atoms with E-state index >= 15 is 0 Å². The maximum atomic E-state index is 13.0. The van der Waals surface area contributed by atoms with Crippen molar-refractivity contribution < 1.29 is 4.79 Å². The lowest BCUT2D eigenvalue weighted by Gasteiger charge is -2.25. The average molecular weight is 324 g/mol. The first-order chi connectivity index (χ1) is 11.8. The highest BCUT2D eigenvalue weighted by atomic mass is 16.2. The number of hydrogen-bond acceptors (Lipinski definition) is 3. The molecule has 1 aromatic carbocycles. The van der Waals surface area contributed by atoms with Gasteiger partial charge in [0.1, 0.15) is 5.69 Å². The number of carbonyl (C=O) groups excluding carboxylic acids is 1. The lowest BCUT2D eigenvalue weighted by atomic mass is 10.0. The Bertz CT molecular complexity index is 690. The van der Waals surface area contributed by atoms with Crippen LogP contribution in [0.4, 0.5) is 0 Å². The van der Waals surface area contributed by atoms with E-state index in [0.29, 0.717) is 11.7 Å². The van der Waals surface area contributed by atoms with Crippen molar-refractivity contribution >= 4 is 5.91 Å². The number of nitrogens with zero attached hydrogens (tertiary/aromatic N) is 3. The molecule has 0 bridgehead atoms. The molecule has 5 heteroatoms. The third-order valence-electron chi connectivity index (χ3n) is 5.17. The van der Waals surface area contributed by atoms with Gasteiger partial charge in [-0.1, -0.05) is 30.3 Å². The van der Waals surface area contributed by atoms with Crippen LogP contribution in [0.15, 0.2) is 42.6 Å². The number of rotatable bonds is 3. The van der Waals surface area contributed by atoms with Crippen molar-refractivity contribution in [1.82, 2.24) is 20.0 Å². The van der Waals surface area contributed by atoms with E-state index in [1.165, 1.54) is 5.56 Å². The molecule has 0 saturated carbocycles. The minimum Gasteiger partial charge on any atom is -0.330 e. The molecule has 0 spiro atoms. The van der Waals surface area contributed by atoms with Crippen LogP contribution in [0.25, 0.3) is 0 Å². The highest BCUT2D eigenvalue weighted by molar-refractivity contribution is 5.92. The van der Waals surface area contributed by atoms with Gasteiger partial charge in [-0.25, -0.2) is 0 Å². The summed E-state index contributed by atoms with van der Waals surface area (Å²) in [5.41, 5.74) is 1.79. The average Bonchev–Trinajstić information content (AvgIpc) is 3.32. The zero-order valence-electron chi connectivity index (χ0n) is 13.9. The van der Waals surface area contributed by atoms with Gasteiger partial charge in [-0.05, 0) is 43.9 Å².